The first-order chi connectivity index (χ1) is 8.45. The number of anilines is 1. The van der Waals surface area contributed by atoms with Gasteiger partial charge >= 0.3 is 0 Å². The fourth-order valence-electron chi connectivity index (χ4n) is 2.18. The smallest absolute Gasteiger partial charge is 0.243 e. The summed E-state index contributed by atoms with van der Waals surface area (Å²) < 4.78 is 39.0. The van der Waals surface area contributed by atoms with Crippen molar-refractivity contribution in [2.24, 2.45) is 0 Å². The van der Waals surface area contributed by atoms with Crippen LogP contribution in [0.1, 0.15) is 12.8 Å². The van der Waals surface area contributed by atoms with Crippen molar-refractivity contribution in [3.63, 3.8) is 0 Å². The molecular formula is C11H15FN2O3S. The third-order valence-electron chi connectivity index (χ3n) is 3.03. The molecule has 3 N–H and O–H groups in total. The summed E-state index contributed by atoms with van der Waals surface area (Å²) in [4.78, 5) is -0.166. The molecule has 7 heteroatoms. The molecule has 0 unspecified atom stereocenters. The van der Waals surface area contributed by atoms with Gasteiger partial charge in [0.05, 0.1) is 11.5 Å². The van der Waals surface area contributed by atoms with Gasteiger partial charge in [0.15, 0.2) is 0 Å². The summed E-state index contributed by atoms with van der Waals surface area (Å²) in [5.41, 5.74) is 5.51. The van der Waals surface area contributed by atoms with E-state index in [2.05, 4.69) is 0 Å². The van der Waals surface area contributed by atoms with Crippen LogP contribution in [-0.4, -0.2) is 37.0 Å². The van der Waals surface area contributed by atoms with Crippen LogP contribution >= 0.6 is 0 Å². The molecule has 1 saturated heterocycles. The number of rotatable bonds is 3. The summed E-state index contributed by atoms with van der Waals surface area (Å²) in [5.74, 6) is -0.687. The van der Waals surface area contributed by atoms with Crippen LogP contribution in [0.2, 0.25) is 0 Å². The molecule has 2 rings (SSSR count). The standard InChI is InChI=1S/C11H15FN2O3S/c12-8-4-9(13)6-11(5-8)18(16,17)14-3-1-2-10(14)7-15/h4-6,10,15H,1-3,7,13H2/t10-/m1/s1. The SMILES string of the molecule is Nc1cc(F)cc(S(=O)(=O)N2CCC[C@@H]2CO)c1. The zero-order valence-corrected chi connectivity index (χ0v) is 10.5. The van der Waals surface area contributed by atoms with Gasteiger partial charge in [-0.25, -0.2) is 12.8 Å². The monoisotopic (exact) mass is 274 g/mol. The molecule has 1 aliphatic heterocycles. The van der Waals surface area contributed by atoms with Crippen molar-refractivity contribution < 1.29 is 17.9 Å². The Bertz CT molecular complexity index is 527. The minimum Gasteiger partial charge on any atom is -0.399 e. The van der Waals surface area contributed by atoms with E-state index in [0.29, 0.717) is 19.4 Å². The average molecular weight is 274 g/mol. The van der Waals surface area contributed by atoms with Gasteiger partial charge in [-0.2, -0.15) is 4.31 Å². The molecule has 100 valence electrons. The Balaban J connectivity index is 2.41. The number of nitrogens with zero attached hydrogens (tertiary/aromatic N) is 1. The molecule has 0 amide bonds. The van der Waals surface area contributed by atoms with Gasteiger partial charge in [0.1, 0.15) is 5.82 Å². The number of nitrogen functional groups attached to an aromatic ring is 1. The Kier molecular flexibility index (Phi) is 3.56. The molecule has 0 radical (unpaired) electrons. The summed E-state index contributed by atoms with van der Waals surface area (Å²) in [6.07, 6.45) is 1.30. The van der Waals surface area contributed by atoms with Gasteiger partial charge in [-0.05, 0) is 31.0 Å². The van der Waals surface area contributed by atoms with Gasteiger partial charge in [0.2, 0.25) is 10.0 Å². The van der Waals surface area contributed by atoms with Crippen LogP contribution in [0.4, 0.5) is 10.1 Å². The molecular weight excluding hydrogens is 259 g/mol. The molecule has 1 aliphatic rings. The first kappa shape index (κ1) is 13.3. The molecule has 1 aromatic carbocycles. The third kappa shape index (κ3) is 2.33. The van der Waals surface area contributed by atoms with Gasteiger partial charge in [-0.1, -0.05) is 0 Å². The van der Waals surface area contributed by atoms with Crippen molar-refractivity contribution in [1.29, 1.82) is 0 Å². The summed E-state index contributed by atoms with van der Waals surface area (Å²) in [6.45, 7) is 0.105. The highest BCUT2D eigenvalue weighted by molar-refractivity contribution is 7.89. The zero-order chi connectivity index (χ0) is 13.3. The van der Waals surface area contributed by atoms with Crippen molar-refractivity contribution in [2.45, 2.75) is 23.8 Å². The van der Waals surface area contributed by atoms with Crippen LogP contribution in [0.15, 0.2) is 23.1 Å². The largest absolute Gasteiger partial charge is 0.399 e. The lowest BCUT2D eigenvalue weighted by molar-refractivity contribution is 0.213. The Morgan fingerprint density at radius 3 is 2.78 bits per heavy atom. The number of aliphatic hydroxyl groups is 1. The van der Waals surface area contributed by atoms with E-state index in [0.717, 1.165) is 12.1 Å². The Hall–Kier alpha value is -1.18. The fraction of sp³-hybridized carbons (Fsp3) is 0.455. The van der Waals surface area contributed by atoms with E-state index in [1.807, 2.05) is 0 Å². The van der Waals surface area contributed by atoms with Gasteiger partial charge < -0.3 is 10.8 Å². The molecule has 0 aromatic heterocycles. The molecule has 1 aromatic rings. The van der Waals surface area contributed by atoms with E-state index in [-0.39, 0.29) is 17.2 Å². The van der Waals surface area contributed by atoms with Crippen molar-refractivity contribution in [3.05, 3.63) is 24.0 Å². The highest BCUT2D eigenvalue weighted by Crippen LogP contribution is 2.27. The number of halogens is 1. The summed E-state index contributed by atoms with van der Waals surface area (Å²) in [5, 5.41) is 9.15. The van der Waals surface area contributed by atoms with Crippen LogP contribution in [-0.2, 0) is 10.0 Å². The summed E-state index contributed by atoms with van der Waals surface area (Å²) in [7, 11) is -3.79. The molecule has 5 nitrogen and oxygen atoms in total. The van der Waals surface area contributed by atoms with E-state index in [9.17, 15) is 12.8 Å². The van der Waals surface area contributed by atoms with Crippen LogP contribution in [0.5, 0.6) is 0 Å². The van der Waals surface area contributed by atoms with Crippen LogP contribution in [0.25, 0.3) is 0 Å². The second-order valence-corrected chi connectivity index (χ2v) is 6.21. The maximum Gasteiger partial charge on any atom is 0.243 e. The number of sulfonamides is 1. The molecule has 18 heavy (non-hydrogen) atoms. The molecule has 0 aliphatic carbocycles. The summed E-state index contributed by atoms with van der Waals surface area (Å²) in [6, 6.07) is 2.80. The number of benzene rings is 1. The third-order valence-corrected chi connectivity index (χ3v) is 4.96. The van der Waals surface area contributed by atoms with Gasteiger partial charge in [0, 0.05) is 18.3 Å². The van der Waals surface area contributed by atoms with Crippen LogP contribution in [0, 0.1) is 5.82 Å². The highest BCUT2D eigenvalue weighted by Gasteiger charge is 2.35. The van der Waals surface area contributed by atoms with E-state index >= 15 is 0 Å². The summed E-state index contributed by atoms with van der Waals surface area (Å²) >= 11 is 0. The number of nitrogens with two attached hydrogens (primary N) is 1. The molecule has 0 saturated carbocycles. The van der Waals surface area contributed by atoms with E-state index in [1.165, 1.54) is 10.4 Å². The van der Waals surface area contributed by atoms with Gasteiger partial charge in [-0.15, -0.1) is 0 Å². The van der Waals surface area contributed by atoms with Gasteiger partial charge in [0.25, 0.3) is 0 Å². The Morgan fingerprint density at radius 1 is 1.44 bits per heavy atom. The number of aliphatic hydroxyl groups excluding tert-OH is 1. The minimum atomic E-state index is -3.79. The molecule has 1 atom stereocenters. The quantitative estimate of drug-likeness (QED) is 0.789. The van der Waals surface area contributed by atoms with Crippen molar-refractivity contribution in [2.75, 3.05) is 18.9 Å². The van der Waals surface area contributed by atoms with Crippen LogP contribution < -0.4 is 5.73 Å². The first-order valence-corrected chi connectivity index (χ1v) is 7.08. The lowest BCUT2D eigenvalue weighted by Crippen LogP contribution is -2.37. The Morgan fingerprint density at radius 2 is 2.17 bits per heavy atom. The zero-order valence-electron chi connectivity index (χ0n) is 9.71. The van der Waals surface area contributed by atoms with E-state index < -0.39 is 21.9 Å². The first-order valence-electron chi connectivity index (χ1n) is 5.64. The predicted octanol–water partition coefficient (Wildman–Crippen LogP) is 0.553. The topological polar surface area (TPSA) is 83.6 Å². The predicted molar refractivity (Wildman–Crippen MR) is 64.8 cm³/mol. The number of hydrogen-bond acceptors (Lipinski definition) is 4. The lowest BCUT2D eigenvalue weighted by Gasteiger charge is -2.22. The van der Waals surface area contributed by atoms with E-state index in [1.54, 1.807) is 0 Å². The maximum absolute atomic E-state index is 13.2. The van der Waals surface area contributed by atoms with Crippen molar-refractivity contribution >= 4 is 15.7 Å². The molecule has 0 spiro atoms. The average Bonchev–Trinajstić information content (AvgIpc) is 2.76. The minimum absolute atomic E-state index is 0.0633. The van der Waals surface area contributed by atoms with Crippen molar-refractivity contribution in [3.8, 4) is 0 Å². The normalized spacial score (nSPS) is 21.3. The maximum atomic E-state index is 13.2. The highest BCUT2D eigenvalue weighted by atomic mass is 32.2. The second-order valence-electron chi connectivity index (χ2n) is 4.31. The van der Waals surface area contributed by atoms with Crippen LogP contribution in [0.3, 0.4) is 0 Å². The fourth-order valence-corrected chi connectivity index (χ4v) is 3.93. The van der Waals surface area contributed by atoms with E-state index in [4.69, 9.17) is 10.8 Å². The molecule has 0 bridgehead atoms. The second kappa shape index (κ2) is 4.83. The molecule has 1 heterocycles. The number of hydrogen-bond donors (Lipinski definition) is 2. The van der Waals surface area contributed by atoms with Gasteiger partial charge in [-0.3, -0.25) is 0 Å². The Labute approximate surface area is 105 Å². The van der Waals surface area contributed by atoms with Crippen molar-refractivity contribution in [1.82, 2.24) is 4.31 Å². The molecule has 1 fully saturated rings. The lowest BCUT2D eigenvalue weighted by atomic mass is 10.2.